The van der Waals surface area contributed by atoms with Crippen LogP contribution in [0.15, 0.2) is 24.3 Å². The van der Waals surface area contributed by atoms with Crippen LogP contribution in [0.25, 0.3) is 10.9 Å². The average Bonchev–Trinajstić information content (AvgIpc) is 3.27. The summed E-state index contributed by atoms with van der Waals surface area (Å²) in [5.74, 6) is -0.111. The first-order valence-electron chi connectivity index (χ1n) is 7.32. The Morgan fingerprint density at radius 1 is 1.30 bits per heavy atom. The van der Waals surface area contributed by atoms with Crippen LogP contribution >= 0.6 is 11.3 Å². The Balaban J connectivity index is 1.62. The van der Waals surface area contributed by atoms with Crippen molar-refractivity contribution in [2.45, 2.75) is 25.7 Å². The standard InChI is InChI=1S/C16H13FN4OS/c1-8-12(6-10-4-5-11(17)7-13(10)18-8)14(22)19-16-21-20-15(23-16)9-2-3-9/h4-7,9H,2-3H2,1H3,(H,19,21,22). The van der Waals surface area contributed by atoms with Crippen LogP contribution in [0.1, 0.15) is 39.8 Å². The van der Waals surface area contributed by atoms with Crippen molar-refractivity contribution in [3.63, 3.8) is 0 Å². The number of carbonyl (C=O) groups excluding carboxylic acids is 1. The van der Waals surface area contributed by atoms with E-state index in [2.05, 4.69) is 20.5 Å². The van der Waals surface area contributed by atoms with E-state index in [1.807, 2.05) is 0 Å². The Labute approximate surface area is 135 Å². The number of aryl methyl sites for hydroxylation is 1. The maximum Gasteiger partial charge on any atom is 0.259 e. The fourth-order valence-electron chi connectivity index (χ4n) is 2.41. The molecule has 116 valence electrons. The van der Waals surface area contributed by atoms with Gasteiger partial charge in [-0.1, -0.05) is 11.3 Å². The highest BCUT2D eigenvalue weighted by Crippen LogP contribution is 2.42. The molecular weight excluding hydrogens is 315 g/mol. The summed E-state index contributed by atoms with van der Waals surface area (Å²) in [5, 5.41) is 13.1. The maximum absolute atomic E-state index is 13.3. The minimum atomic E-state index is -0.344. The molecule has 1 fully saturated rings. The van der Waals surface area contributed by atoms with Crippen LogP contribution in [0.5, 0.6) is 0 Å². The van der Waals surface area contributed by atoms with Crippen LogP contribution in [0, 0.1) is 12.7 Å². The zero-order chi connectivity index (χ0) is 16.0. The van der Waals surface area contributed by atoms with Crippen LogP contribution in [-0.4, -0.2) is 21.1 Å². The van der Waals surface area contributed by atoms with Crippen LogP contribution in [0.2, 0.25) is 0 Å². The second-order valence-electron chi connectivity index (χ2n) is 5.63. The molecule has 1 saturated carbocycles. The molecular formula is C16H13FN4OS. The number of nitrogens with one attached hydrogen (secondary N) is 1. The lowest BCUT2D eigenvalue weighted by Gasteiger charge is -2.07. The van der Waals surface area contributed by atoms with Gasteiger partial charge in [-0.2, -0.15) is 0 Å². The number of pyridine rings is 1. The smallest absolute Gasteiger partial charge is 0.259 e. The van der Waals surface area contributed by atoms with Crippen LogP contribution in [0.3, 0.4) is 0 Å². The maximum atomic E-state index is 13.3. The van der Waals surface area contributed by atoms with Crippen molar-refractivity contribution in [1.82, 2.24) is 15.2 Å². The van der Waals surface area contributed by atoms with Gasteiger partial charge < -0.3 is 0 Å². The Morgan fingerprint density at radius 2 is 2.13 bits per heavy atom. The van der Waals surface area contributed by atoms with E-state index in [4.69, 9.17) is 0 Å². The third-order valence-electron chi connectivity index (χ3n) is 3.80. The Kier molecular flexibility index (Phi) is 3.30. The number of rotatable bonds is 3. The number of anilines is 1. The summed E-state index contributed by atoms with van der Waals surface area (Å²) in [7, 11) is 0. The molecule has 0 atom stereocenters. The van der Waals surface area contributed by atoms with E-state index in [1.54, 1.807) is 19.1 Å². The number of carbonyl (C=O) groups is 1. The number of aromatic nitrogens is 3. The third kappa shape index (κ3) is 2.79. The van der Waals surface area contributed by atoms with Crippen LogP contribution < -0.4 is 5.32 Å². The second-order valence-corrected chi connectivity index (χ2v) is 6.64. The van der Waals surface area contributed by atoms with E-state index in [-0.39, 0.29) is 11.7 Å². The van der Waals surface area contributed by atoms with E-state index >= 15 is 0 Å². The summed E-state index contributed by atoms with van der Waals surface area (Å²) < 4.78 is 13.3. The molecule has 0 aliphatic heterocycles. The third-order valence-corrected chi connectivity index (χ3v) is 4.80. The molecule has 2 heterocycles. The molecule has 2 aromatic heterocycles. The number of benzene rings is 1. The first kappa shape index (κ1) is 14.2. The first-order chi connectivity index (χ1) is 11.1. The molecule has 1 aliphatic rings. The van der Waals surface area contributed by atoms with Gasteiger partial charge in [-0.25, -0.2) is 4.39 Å². The second kappa shape index (κ2) is 5.34. The van der Waals surface area contributed by atoms with E-state index in [0.29, 0.717) is 27.8 Å². The van der Waals surface area contributed by atoms with Gasteiger partial charge in [-0.3, -0.25) is 15.1 Å². The zero-order valence-corrected chi connectivity index (χ0v) is 13.2. The highest BCUT2D eigenvalue weighted by Gasteiger charge is 2.28. The largest absolute Gasteiger partial charge is 0.296 e. The molecule has 0 bridgehead atoms. The van der Waals surface area contributed by atoms with E-state index in [1.165, 1.54) is 23.5 Å². The monoisotopic (exact) mass is 328 g/mol. The van der Waals surface area contributed by atoms with Gasteiger partial charge in [0.2, 0.25) is 5.13 Å². The fraction of sp³-hybridized carbons (Fsp3) is 0.250. The normalized spacial score (nSPS) is 14.2. The molecule has 1 aliphatic carbocycles. The SMILES string of the molecule is Cc1nc2cc(F)ccc2cc1C(=O)Nc1nnc(C2CC2)s1. The predicted molar refractivity (Wildman–Crippen MR) is 86.3 cm³/mol. The van der Waals surface area contributed by atoms with Gasteiger partial charge in [0.15, 0.2) is 0 Å². The van der Waals surface area contributed by atoms with Gasteiger partial charge in [0.1, 0.15) is 10.8 Å². The van der Waals surface area contributed by atoms with Crippen molar-refractivity contribution in [2.24, 2.45) is 0 Å². The number of hydrogen-bond acceptors (Lipinski definition) is 5. The van der Waals surface area contributed by atoms with Gasteiger partial charge in [-0.05, 0) is 38.0 Å². The van der Waals surface area contributed by atoms with Crippen molar-refractivity contribution in [1.29, 1.82) is 0 Å². The number of amides is 1. The molecule has 23 heavy (non-hydrogen) atoms. The lowest BCUT2D eigenvalue weighted by atomic mass is 10.1. The highest BCUT2D eigenvalue weighted by atomic mass is 32.1. The number of nitrogens with zero attached hydrogens (tertiary/aromatic N) is 3. The van der Waals surface area contributed by atoms with E-state index < -0.39 is 0 Å². The average molecular weight is 328 g/mol. The van der Waals surface area contributed by atoms with Gasteiger partial charge in [-0.15, -0.1) is 10.2 Å². The van der Waals surface area contributed by atoms with Gasteiger partial charge in [0.25, 0.3) is 5.91 Å². The number of halogens is 1. The van der Waals surface area contributed by atoms with Crippen molar-refractivity contribution in [3.05, 3.63) is 46.3 Å². The van der Waals surface area contributed by atoms with E-state index in [9.17, 15) is 9.18 Å². The molecule has 7 heteroatoms. The van der Waals surface area contributed by atoms with Gasteiger partial charge in [0.05, 0.1) is 16.8 Å². The predicted octanol–water partition coefficient (Wildman–Crippen LogP) is 3.66. The lowest BCUT2D eigenvalue weighted by Crippen LogP contribution is -2.14. The minimum Gasteiger partial charge on any atom is -0.296 e. The summed E-state index contributed by atoms with van der Waals surface area (Å²) in [6, 6.07) is 6.05. The Morgan fingerprint density at radius 3 is 2.91 bits per heavy atom. The van der Waals surface area contributed by atoms with Gasteiger partial charge in [0, 0.05) is 17.4 Å². The topological polar surface area (TPSA) is 67.8 Å². The molecule has 5 nitrogen and oxygen atoms in total. The van der Waals surface area contributed by atoms with Crippen LogP contribution in [-0.2, 0) is 0 Å². The quantitative estimate of drug-likeness (QED) is 0.796. The molecule has 3 aromatic rings. The Bertz CT molecular complexity index is 920. The van der Waals surface area contributed by atoms with Crippen molar-refractivity contribution in [2.75, 3.05) is 5.32 Å². The van der Waals surface area contributed by atoms with Crippen LogP contribution in [0.4, 0.5) is 9.52 Å². The Hall–Kier alpha value is -2.41. The lowest BCUT2D eigenvalue weighted by molar-refractivity contribution is 0.102. The summed E-state index contributed by atoms with van der Waals surface area (Å²) in [6.07, 6.45) is 2.29. The zero-order valence-electron chi connectivity index (χ0n) is 12.3. The number of fused-ring (bicyclic) bond motifs is 1. The summed E-state index contributed by atoms with van der Waals surface area (Å²) in [6.45, 7) is 1.73. The molecule has 0 unspecified atom stereocenters. The summed E-state index contributed by atoms with van der Waals surface area (Å²) in [5.41, 5.74) is 1.53. The summed E-state index contributed by atoms with van der Waals surface area (Å²) >= 11 is 1.41. The highest BCUT2D eigenvalue weighted by molar-refractivity contribution is 7.15. The molecule has 0 saturated heterocycles. The first-order valence-corrected chi connectivity index (χ1v) is 8.13. The molecule has 4 rings (SSSR count). The van der Waals surface area contributed by atoms with E-state index in [0.717, 1.165) is 23.2 Å². The fourth-order valence-corrected chi connectivity index (χ4v) is 3.32. The van der Waals surface area contributed by atoms with Crippen molar-refractivity contribution in [3.8, 4) is 0 Å². The molecule has 1 aromatic carbocycles. The molecule has 1 N–H and O–H groups in total. The van der Waals surface area contributed by atoms with Gasteiger partial charge >= 0.3 is 0 Å². The molecule has 1 amide bonds. The molecule has 0 radical (unpaired) electrons. The summed E-state index contributed by atoms with van der Waals surface area (Å²) in [4.78, 5) is 16.8. The van der Waals surface area contributed by atoms with Crippen molar-refractivity contribution < 1.29 is 9.18 Å². The van der Waals surface area contributed by atoms with Crippen molar-refractivity contribution >= 4 is 33.3 Å². The molecule has 0 spiro atoms. The number of hydrogen-bond donors (Lipinski definition) is 1. The minimum absolute atomic E-state index is 0.278.